The number of methoxy groups -OCH3 is 1. The Balaban J connectivity index is 2.09. The number of benzene rings is 1. The molecule has 1 heterocycles. The molecule has 0 saturated carbocycles. The summed E-state index contributed by atoms with van der Waals surface area (Å²) >= 11 is 0. The van der Waals surface area contributed by atoms with Crippen molar-refractivity contribution in [2.45, 2.75) is 20.3 Å². The Morgan fingerprint density at radius 2 is 2.10 bits per heavy atom. The van der Waals surface area contributed by atoms with Crippen LogP contribution in [0.15, 0.2) is 12.1 Å². The number of carbonyl (C=O) groups is 2. The summed E-state index contributed by atoms with van der Waals surface area (Å²) in [4.78, 5) is 24.7. The van der Waals surface area contributed by atoms with E-state index in [1.54, 1.807) is 7.11 Å². The van der Waals surface area contributed by atoms with Crippen molar-refractivity contribution >= 4 is 17.7 Å². The van der Waals surface area contributed by atoms with Crippen LogP contribution in [0.25, 0.3) is 0 Å². The lowest BCUT2D eigenvalue weighted by molar-refractivity contribution is -0.141. The molecule has 6 nitrogen and oxygen atoms in total. The molecule has 1 aromatic rings. The first-order chi connectivity index (χ1) is 9.93. The van der Waals surface area contributed by atoms with Gasteiger partial charge in [-0.1, -0.05) is 6.07 Å². The fourth-order valence-corrected chi connectivity index (χ4v) is 2.62. The highest BCUT2D eigenvalue weighted by molar-refractivity contribution is 5.91. The van der Waals surface area contributed by atoms with E-state index in [1.807, 2.05) is 26.0 Å². The molecule has 0 spiro atoms. The van der Waals surface area contributed by atoms with Crippen LogP contribution in [0.3, 0.4) is 0 Å². The van der Waals surface area contributed by atoms with Gasteiger partial charge in [-0.15, -0.1) is 0 Å². The van der Waals surface area contributed by atoms with Crippen LogP contribution < -0.4 is 10.1 Å². The van der Waals surface area contributed by atoms with E-state index in [2.05, 4.69) is 5.32 Å². The summed E-state index contributed by atoms with van der Waals surface area (Å²) in [6.07, 6.45) is 0.499. The molecule has 0 bridgehead atoms. The maximum atomic E-state index is 12.2. The molecular formula is C15H20N2O4. The zero-order chi connectivity index (χ0) is 15.6. The number of hydrogen-bond acceptors (Lipinski definition) is 3. The number of nitrogens with zero attached hydrogens (tertiary/aromatic N) is 1. The molecule has 1 aliphatic rings. The highest BCUT2D eigenvalue weighted by Gasteiger charge is 2.31. The van der Waals surface area contributed by atoms with Crippen molar-refractivity contribution in [3.05, 3.63) is 23.3 Å². The Bertz CT molecular complexity index is 571. The SMILES string of the molecule is COc1c(C)ccc(NC(=O)N2CCC(C(=O)O)C2)c1C. The first-order valence-electron chi connectivity index (χ1n) is 6.87. The number of hydrogen-bond donors (Lipinski definition) is 2. The second-order valence-electron chi connectivity index (χ2n) is 5.29. The molecule has 21 heavy (non-hydrogen) atoms. The maximum absolute atomic E-state index is 12.2. The van der Waals surface area contributed by atoms with Gasteiger partial charge in [0.15, 0.2) is 0 Å². The highest BCUT2D eigenvalue weighted by Crippen LogP contribution is 2.29. The lowest BCUT2D eigenvalue weighted by atomic mass is 10.1. The van der Waals surface area contributed by atoms with Gasteiger partial charge in [0.25, 0.3) is 0 Å². The number of likely N-dealkylation sites (tertiary alicyclic amines) is 1. The number of carboxylic acids is 1. The Kier molecular flexibility index (Phi) is 4.35. The smallest absolute Gasteiger partial charge is 0.321 e. The number of ether oxygens (including phenoxy) is 1. The number of carbonyl (C=O) groups excluding carboxylic acids is 1. The molecule has 2 amide bonds. The summed E-state index contributed by atoms with van der Waals surface area (Å²) in [5.74, 6) is -0.569. The average Bonchev–Trinajstić information content (AvgIpc) is 2.92. The van der Waals surface area contributed by atoms with Crippen molar-refractivity contribution in [2.75, 3.05) is 25.5 Å². The Morgan fingerprint density at radius 3 is 2.67 bits per heavy atom. The number of carboxylic acid groups (broad SMARTS) is 1. The molecule has 1 saturated heterocycles. The van der Waals surface area contributed by atoms with Gasteiger partial charge in [-0.25, -0.2) is 4.79 Å². The normalized spacial score (nSPS) is 17.7. The first-order valence-corrected chi connectivity index (χ1v) is 6.87. The second kappa shape index (κ2) is 6.03. The number of nitrogens with one attached hydrogen (secondary N) is 1. The van der Waals surface area contributed by atoms with Crippen molar-refractivity contribution in [3.63, 3.8) is 0 Å². The van der Waals surface area contributed by atoms with E-state index in [0.717, 1.165) is 16.9 Å². The summed E-state index contributed by atoms with van der Waals surface area (Å²) in [7, 11) is 1.60. The fourth-order valence-electron chi connectivity index (χ4n) is 2.62. The molecule has 0 aliphatic carbocycles. The lowest BCUT2D eigenvalue weighted by Gasteiger charge is -2.19. The third-order valence-electron chi connectivity index (χ3n) is 3.87. The molecule has 1 unspecified atom stereocenters. The summed E-state index contributed by atoms with van der Waals surface area (Å²) in [5.41, 5.74) is 2.54. The average molecular weight is 292 g/mol. The van der Waals surface area contributed by atoms with E-state index in [9.17, 15) is 9.59 Å². The third-order valence-corrected chi connectivity index (χ3v) is 3.87. The second-order valence-corrected chi connectivity index (χ2v) is 5.29. The van der Waals surface area contributed by atoms with Crippen LogP contribution in [-0.2, 0) is 4.79 Å². The Morgan fingerprint density at radius 1 is 1.38 bits per heavy atom. The molecule has 2 N–H and O–H groups in total. The molecule has 1 atom stereocenters. The molecule has 0 aromatic heterocycles. The van der Waals surface area contributed by atoms with Crippen LogP contribution in [0.1, 0.15) is 17.5 Å². The van der Waals surface area contributed by atoms with Crippen LogP contribution in [0.5, 0.6) is 5.75 Å². The van der Waals surface area contributed by atoms with Gasteiger partial charge >= 0.3 is 12.0 Å². The van der Waals surface area contributed by atoms with E-state index < -0.39 is 11.9 Å². The topological polar surface area (TPSA) is 78.9 Å². The van der Waals surface area contributed by atoms with Crippen LogP contribution in [0.4, 0.5) is 10.5 Å². The number of anilines is 1. The van der Waals surface area contributed by atoms with Crippen molar-refractivity contribution in [1.29, 1.82) is 0 Å². The van der Waals surface area contributed by atoms with E-state index in [1.165, 1.54) is 4.90 Å². The fraction of sp³-hybridized carbons (Fsp3) is 0.467. The van der Waals surface area contributed by atoms with Gasteiger partial charge in [0.2, 0.25) is 0 Å². The molecule has 114 valence electrons. The van der Waals surface area contributed by atoms with Crippen LogP contribution in [-0.4, -0.2) is 42.2 Å². The zero-order valence-electron chi connectivity index (χ0n) is 12.5. The van der Waals surface area contributed by atoms with Gasteiger partial charge in [-0.05, 0) is 31.9 Å². The van der Waals surface area contributed by atoms with E-state index in [-0.39, 0.29) is 12.6 Å². The molecular weight excluding hydrogens is 272 g/mol. The minimum Gasteiger partial charge on any atom is -0.496 e. The zero-order valence-corrected chi connectivity index (χ0v) is 12.5. The summed E-state index contributed by atoms with van der Waals surface area (Å²) in [6.45, 7) is 4.54. The van der Waals surface area contributed by atoms with Crippen molar-refractivity contribution in [3.8, 4) is 5.75 Å². The van der Waals surface area contributed by atoms with E-state index in [4.69, 9.17) is 9.84 Å². The van der Waals surface area contributed by atoms with Crippen LogP contribution in [0, 0.1) is 19.8 Å². The van der Waals surface area contributed by atoms with Gasteiger partial charge in [-0.2, -0.15) is 0 Å². The van der Waals surface area contributed by atoms with Crippen LogP contribution in [0.2, 0.25) is 0 Å². The quantitative estimate of drug-likeness (QED) is 0.895. The van der Waals surface area contributed by atoms with Gasteiger partial charge in [0.05, 0.1) is 13.0 Å². The first kappa shape index (κ1) is 15.2. The van der Waals surface area contributed by atoms with Crippen molar-refractivity contribution < 1.29 is 19.4 Å². The molecule has 2 rings (SSSR count). The van der Waals surface area contributed by atoms with Gasteiger partial charge in [-0.3, -0.25) is 4.79 Å². The number of rotatable bonds is 3. The van der Waals surface area contributed by atoms with E-state index >= 15 is 0 Å². The Hall–Kier alpha value is -2.24. The molecule has 1 fully saturated rings. The molecule has 0 radical (unpaired) electrons. The summed E-state index contributed by atoms with van der Waals surface area (Å²) in [6, 6.07) is 3.44. The minimum absolute atomic E-state index is 0.253. The maximum Gasteiger partial charge on any atom is 0.321 e. The predicted molar refractivity (Wildman–Crippen MR) is 78.8 cm³/mol. The predicted octanol–water partition coefficient (Wildman–Crippen LogP) is 2.25. The largest absolute Gasteiger partial charge is 0.496 e. The summed E-state index contributed by atoms with van der Waals surface area (Å²) < 4.78 is 5.33. The number of urea groups is 1. The lowest BCUT2D eigenvalue weighted by Crippen LogP contribution is -2.34. The third kappa shape index (κ3) is 3.09. The van der Waals surface area contributed by atoms with Crippen molar-refractivity contribution in [1.82, 2.24) is 4.90 Å². The van der Waals surface area contributed by atoms with E-state index in [0.29, 0.717) is 18.7 Å². The monoisotopic (exact) mass is 292 g/mol. The highest BCUT2D eigenvalue weighted by atomic mass is 16.5. The standard InChI is InChI=1S/C15H20N2O4/c1-9-4-5-12(10(2)13(9)21-3)16-15(20)17-7-6-11(8-17)14(18)19/h4-5,11H,6-8H2,1-3H3,(H,16,20)(H,18,19). The van der Waals surface area contributed by atoms with Gasteiger partial charge < -0.3 is 20.1 Å². The van der Waals surface area contributed by atoms with Crippen LogP contribution >= 0.6 is 0 Å². The molecule has 1 aromatic carbocycles. The minimum atomic E-state index is -0.849. The molecule has 6 heteroatoms. The molecule has 1 aliphatic heterocycles. The van der Waals surface area contributed by atoms with Gasteiger partial charge in [0.1, 0.15) is 5.75 Å². The van der Waals surface area contributed by atoms with Crippen molar-refractivity contribution in [2.24, 2.45) is 5.92 Å². The van der Waals surface area contributed by atoms with Gasteiger partial charge in [0, 0.05) is 24.3 Å². The number of amides is 2. The number of aryl methyl sites for hydroxylation is 1. The number of aliphatic carboxylic acids is 1. The summed E-state index contributed by atoms with van der Waals surface area (Å²) in [5, 5.41) is 11.8. The Labute approximate surface area is 123 Å².